The first-order chi connectivity index (χ1) is 13.0. The van der Waals surface area contributed by atoms with Gasteiger partial charge < -0.3 is 5.32 Å². The molecule has 156 valence electrons. The number of nitrogens with zero attached hydrogens (tertiary/aromatic N) is 2. The molecule has 2 saturated heterocycles. The van der Waals surface area contributed by atoms with Crippen LogP contribution in [0.1, 0.15) is 71.1 Å². The molecule has 1 aliphatic carbocycles. The van der Waals surface area contributed by atoms with Crippen LogP contribution in [0.3, 0.4) is 0 Å². The van der Waals surface area contributed by atoms with Crippen molar-refractivity contribution in [3.63, 3.8) is 0 Å². The number of amides is 1. The van der Waals surface area contributed by atoms with Crippen LogP contribution in [0.5, 0.6) is 0 Å². The quantitative estimate of drug-likeness (QED) is 0.696. The zero-order valence-electron chi connectivity index (χ0n) is 16.9. The summed E-state index contributed by atoms with van der Waals surface area (Å²) in [6.07, 6.45) is 11.2. The van der Waals surface area contributed by atoms with Gasteiger partial charge in [0.1, 0.15) is 0 Å². The van der Waals surface area contributed by atoms with Crippen LogP contribution >= 0.6 is 0 Å². The Labute approximate surface area is 165 Å². The molecule has 0 aromatic heterocycles. The zero-order valence-corrected chi connectivity index (χ0v) is 17.7. The van der Waals surface area contributed by atoms with E-state index in [1.165, 1.54) is 42.8 Å². The lowest BCUT2D eigenvalue weighted by atomic mass is 9.98. The maximum atomic E-state index is 12.8. The molecule has 3 rings (SSSR count). The standard InChI is InChI=1S/C20H37N3O3S/c1-2-14-27(25,26)23-12-7-8-17(15-23)20(24)21-18-11-13-22(16-18)19-9-5-3-4-6-10-19/h17-19H,2-16H2,1H3,(H,21,24). The Hall–Kier alpha value is -0.660. The van der Waals surface area contributed by atoms with Crippen molar-refractivity contribution >= 4 is 15.9 Å². The van der Waals surface area contributed by atoms with E-state index in [1.54, 1.807) is 0 Å². The highest BCUT2D eigenvalue weighted by atomic mass is 32.2. The zero-order chi connectivity index (χ0) is 19.3. The third-order valence-corrected chi connectivity index (χ3v) is 8.56. The fourth-order valence-corrected chi connectivity index (χ4v) is 6.56. The van der Waals surface area contributed by atoms with Crippen molar-refractivity contribution in [3.05, 3.63) is 0 Å². The lowest BCUT2D eigenvalue weighted by Gasteiger charge is -2.32. The van der Waals surface area contributed by atoms with E-state index in [4.69, 9.17) is 0 Å². The van der Waals surface area contributed by atoms with Gasteiger partial charge in [-0.25, -0.2) is 12.7 Å². The van der Waals surface area contributed by atoms with E-state index < -0.39 is 10.0 Å². The first-order valence-corrected chi connectivity index (χ1v) is 12.6. The van der Waals surface area contributed by atoms with Crippen molar-refractivity contribution in [2.24, 2.45) is 5.92 Å². The highest BCUT2D eigenvalue weighted by molar-refractivity contribution is 7.89. The van der Waals surface area contributed by atoms with Gasteiger partial charge in [-0.15, -0.1) is 0 Å². The predicted molar refractivity (Wildman–Crippen MR) is 108 cm³/mol. The molecule has 2 atom stereocenters. The molecule has 2 aliphatic heterocycles. The van der Waals surface area contributed by atoms with Gasteiger partial charge in [-0.3, -0.25) is 9.69 Å². The van der Waals surface area contributed by atoms with Crippen LogP contribution in [0.4, 0.5) is 0 Å². The van der Waals surface area contributed by atoms with Crippen LogP contribution in [0.2, 0.25) is 0 Å². The fraction of sp³-hybridized carbons (Fsp3) is 0.950. The monoisotopic (exact) mass is 399 g/mol. The molecule has 0 radical (unpaired) electrons. The number of hydrogen-bond acceptors (Lipinski definition) is 4. The van der Waals surface area contributed by atoms with Crippen molar-refractivity contribution in [2.75, 3.05) is 31.9 Å². The second kappa shape index (κ2) is 9.70. The van der Waals surface area contributed by atoms with Crippen molar-refractivity contribution in [2.45, 2.75) is 83.2 Å². The van der Waals surface area contributed by atoms with Gasteiger partial charge in [0, 0.05) is 38.3 Å². The summed E-state index contributed by atoms with van der Waals surface area (Å²) in [7, 11) is -3.21. The smallest absolute Gasteiger partial charge is 0.224 e. The number of nitrogens with one attached hydrogen (secondary N) is 1. The van der Waals surface area contributed by atoms with Crippen LogP contribution in [0, 0.1) is 5.92 Å². The molecule has 0 bridgehead atoms. The molecule has 0 aromatic carbocycles. The minimum atomic E-state index is -3.21. The lowest BCUT2D eigenvalue weighted by molar-refractivity contribution is -0.126. The van der Waals surface area contributed by atoms with Gasteiger partial charge in [0.25, 0.3) is 0 Å². The SMILES string of the molecule is CCCS(=O)(=O)N1CCCC(C(=O)NC2CCN(C3CCCCCC3)C2)C1. The van der Waals surface area contributed by atoms with Gasteiger partial charge in [0.2, 0.25) is 15.9 Å². The summed E-state index contributed by atoms with van der Waals surface area (Å²) in [6, 6.07) is 0.919. The van der Waals surface area contributed by atoms with Gasteiger partial charge >= 0.3 is 0 Å². The highest BCUT2D eigenvalue weighted by Crippen LogP contribution is 2.26. The maximum absolute atomic E-state index is 12.8. The fourth-order valence-electron chi connectivity index (χ4n) is 4.97. The molecule has 2 unspecified atom stereocenters. The van der Waals surface area contributed by atoms with E-state index in [0.717, 1.165) is 32.4 Å². The molecule has 1 amide bonds. The summed E-state index contributed by atoms with van der Waals surface area (Å²) < 4.78 is 26.2. The molecule has 0 aromatic rings. The van der Waals surface area contributed by atoms with Crippen LogP contribution in [0.15, 0.2) is 0 Å². The average Bonchev–Trinajstić information content (AvgIpc) is 2.94. The van der Waals surface area contributed by atoms with Gasteiger partial charge in [0.15, 0.2) is 0 Å². The maximum Gasteiger partial charge on any atom is 0.224 e. The van der Waals surface area contributed by atoms with Gasteiger partial charge in [-0.05, 0) is 38.5 Å². The lowest BCUT2D eigenvalue weighted by Crippen LogP contribution is -2.48. The van der Waals surface area contributed by atoms with E-state index in [9.17, 15) is 13.2 Å². The van der Waals surface area contributed by atoms with E-state index in [2.05, 4.69) is 10.2 Å². The Bertz CT molecular complexity index is 587. The summed E-state index contributed by atoms with van der Waals surface area (Å²) in [6.45, 7) is 4.84. The number of likely N-dealkylation sites (tertiary alicyclic amines) is 1. The van der Waals surface area contributed by atoms with Gasteiger partial charge in [-0.2, -0.15) is 0 Å². The molecular formula is C20H37N3O3S. The third kappa shape index (κ3) is 5.67. The number of rotatable bonds is 6. The molecule has 2 heterocycles. The molecule has 7 heteroatoms. The Morgan fingerprint density at radius 3 is 2.41 bits per heavy atom. The molecule has 1 saturated carbocycles. The van der Waals surface area contributed by atoms with Crippen molar-refractivity contribution in [3.8, 4) is 0 Å². The summed E-state index contributed by atoms with van der Waals surface area (Å²) in [5.74, 6) is 0.0387. The summed E-state index contributed by atoms with van der Waals surface area (Å²) in [5.41, 5.74) is 0. The Balaban J connectivity index is 1.48. The van der Waals surface area contributed by atoms with Crippen LogP contribution in [-0.4, -0.2) is 67.5 Å². The molecule has 3 fully saturated rings. The van der Waals surface area contributed by atoms with Crippen LogP contribution in [0.25, 0.3) is 0 Å². The first kappa shape index (κ1) is 21.1. The average molecular weight is 400 g/mol. The molecule has 3 aliphatic rings. The molecule has 1 N–H and O–H groups in total. The number of sulfonamides is 1. The topological polar surface area (TPSA) is 69.7 Å². The van der Waals surface area contributed by atoms with Crippen LogP contribution in [-0.2, 0) is 14.8 Å². The first-order valence-electron chi connectivity index (χ1n) is 11.0. The molecule has 0 spiro atoms. The highest BCUT2D eigenvalue weighted by Gasteiger charge is 2.34. The van der Waals surface area contributed by atoms with Gasteiger partial charge in [0.05, 0.1) is 11.7 Å². The number of carbonyl (C=O) groups is 1. The second-order valence-electron chi connectivity index (χ2n) is 8.65. The largest absolute Gasteiger partial charge is 0.352 e. The Kier molecular flexibility index (Phi) is 7.57. The molecule has 6 nitrogen and oxygen atoms in total. The Morgan fingerprint density at radius 2 is 1.70 bits per heavy atom. The predicted octanol–water partition coefficient (Wildman–Crippen LogP) is 2.35. The van der Waals surface area contributed by atoms with E-state index in [1.807, 2.05) is 6.92 Å². The molecular weight excluding hydrogens is 362 g/mol. The summed E-state index contributed by atoms with van der Waals surface area (Å²) in [4.78, 5) is 15.3. The molecule has 27 heavy (non-hydrogen) atoms. The van der Waals surface area contributed by atoms with E-state index in [0.29, 0.717) is 25.6 Å². The van der Waals surface area contributed by atoms with Crippen LogP contribution < -0.4 is 5.32 Å². The van der Waals surface area contributed by atoms with Gasteiger partial charge in [-0.1, -0.05) is 32.6 Å². The van der Waals surface area contributed by atoms with Crippen molar-refractivity contribution < 1.29 is 13.2 Å². The number of carbonyl (C=O) groups excluding carboxylic acids is 1. The van der Waals surface area contributed by atoms with Crippen molar-refractivity contribution in [1.29, 1.82) is 0 Å². The third-order valence-electron chi connectivity index (χ3n) is 6.52. The minimum absolute atomic E-state index is 0.0547. The van der Waals surface area contributed by atoms with E-state index >= 15 is 0 Å². The Morgan fingerprint density at radius 1 is 0.963 bits per heavy atom. The normalized spacial score (nSPS) is 29.5. The number of hydrogen-bond donors (Lipinski definition) is 1. The van der Waals surface area contributed by atoms with Crippen molar-refractivity contribution in [1.82, 2.24) is 14.5 Å². The summed E-state index contributed by atoms with van der Waals surface area (Å²) in [5, 5.41) is 3.24. The second-order valence-corrected chi connectivity index (χ2v) is 10.7. The summed E-state index contributed by atoms with van der Waals surface area (Å²) >= 11 is 0. The minimum Gasteiger partial charge on any atom is -0.352 e. The number of piperidine rings is 1. The van der Waals surface area contributed by atoms with E-state index in [-0.39, 0.29) is 23.6 Å².